The minimum atomic E-state index is -3.68. The van der Waals surface area contributed by atoms with Crippen molar-refractivity contribution in [2.45, 2.75) is 38.1 Å². The maximum atomic E-state index is 12.9. The molecule has 0 radical (unpaired) electrons. The minimum absolute atomic E-state index is 0.0333. The van der Waals surface area contributed by atoms with Gasteiger partial charge in [-0.2, -0.15) is 4.31 Å². The first-order valence-electron chi connectivity index (χ1n) is 11.2. The van der Waals surface area contributed by atoms with Crippen molar-refractivity contribution in [3.8, 4) is 11.4 Å². The van der Waals surface area contributed by atoms with Gasteiger partial charge in [0.2, 0.25) is 5.91 Å². The lowest BCUT2D eigenvalue weighted by atomic mass is 9.97. The number of hydrogen-bond donors (Lipinski definition) is 2. The molecule has 1 amide bonds. The maximum absolute atomic E-state index is 12.9. The van der Waals surface area contributed by atoms with E-state index in [0.29, 0.717) is 47.9 Å². The summed E-state index contributed by atoms with van der Waals surface area (Å²) in [5.41, 5.74) is 1.75. The van der Waals surface area contributed by atoms with Crippen LogP contribution in [-0.2, 0) is 28.3 Å². The zero-order chi connectivity index (χ0) is 24.5. The fourth-order valence-corrected chi connectivity index (χ4v) is 5.45. The van der Waals surface area contributed by atoms with E-state index in [9.17, 15) is 18.0 Å². The highest BCUT2D eigenvalue weighted by Gasteiger charge is 2.33. The van der Waals surface area contributed by atoms with E-state index in [1.54, 1.807) is 36.7 Å². The summed E-state index contributed by atoms with van der Waals surface area (Å²) in [5, 5.41) is 2.95. The molecule has 2 N–H and O–H groups in total. The van der Waals surface area contributed by atoms with Crippen LogP contribution in [0.25, 0.3) is 11.4 Å². The molecule has 0 unspecified atom stereocenters. The molecule has 0 atom stereocenters. The fourth-order valence-electron chi connectivity index (χ4n) is 3.96. The van der Waals surface area contributed by atoms with Crippen molar-refractivity contribution in [1.82, 2.24) is 23.8 Å². The van der Waals surface area contributed by atoms with Gasteiger partial charge in [0.25, 0.3) is 15.6 Å². The molecule has 0 spiro atoms. The van der Waals surface area contributed by atoms with Gasteiger partial charge in [0.1, 0.15) is 11.6 Å². The number of carbonyl (C=O) groups is 1. The summed E-state index contributed by atoms with van der Waals surface area (Å²) in [5.74, 6) is 0.605. The first-order chi connectivity index (χ1) is 16.2. The number of H-pyrrole nitrogens is 1. The lowest BCUT2D eigenvalue weighted by Gasteiger charge is -2.30. The summed E-state index contributed by atoms with van der Waals surface area (Å²) in [4.78, 5) is 36.1. The molecule has 4 rings (SSSR count). The molecule has 1 aliphatic rings. The Balaban J connectivity index is 1.41. The number of aromatic amines is 1. The van der Waals surface area contributed by atoms with Crippen molar-refractivity contribution in [3.63, 3.8) is 0 Å². The quantitative estimate of drug-likeness (QED) is 0.551. The SMILES string of the molecule is CCc1cc(=O)[nH]c(-c2cccc(NC(=O)C3CCN(S(=O)(=O)c4cn(C)c(C)n4)CC3)c2)n1. The van der Waals surface area contributed by atoms with E-state index in [1.807, 2.05) is 13.0 Å². The standard InChI is InChI=1S/C23H28N6O4S/c1-4-18-13-20(30)27-22(25-18)17-6-5-7-19(12-17)26-23(31)16-8-10-29(11-9-16)34(32,33)21-14-28(3)15(2)24-21/h5-7,12-14,16H,4,8-11H2,1-3H3,(H,26,31)(H,25,27,30). The minimum Gasteiger partial charge on any atom is -0.337 e. The Bertz CT molecular complexity index is 1350. The highest BCUT2D eigenvalue weighted by molar-refractivity contribution is 7.89. The van der Waals surface area contributed by atoms with Crippen LogP contribution in [0.1, 0.15) is 31.3 Å². The first-order valence-corrected chi connectivity index (χ1v) is 12.6. The Morgan fingerprint density at radius 1 is 1.21 bits per heavy atom. The summed E-state index contributed by atoms with van der Waals surface area (Å²) in [6.07, 6.45) is 2.99. The monoisotopic (exact) mass is 484 g/mol. The topological polar surface area (TPSA) is 130 Å². The number of anilines is 1. The lowest BCUT2D eigenvalue weighted by Crippen LogP contribution is -2.41. The highest BCUT2D eigenvalue weighted by Crippen LogP contribution is 2.25. The number of benzene rings is 1. The van der Waals surface area contributed by atoms with Crippen LogP contribution in [0.3, 0.4) is 0 Å². The van der Waals surface area contributed by atoms with Crippen molar-refractivity contribution >= 4 is 21.6 Å². The average molecular weight is 485 g/mol. The number of nitrogens with one attached hydrogen (secondary N) is 2. The molecule has 34 heavy (non-hydrogen) atoms. The van der Waals surface area contributed by atoms with Gasteiger partial charge >= 0.3 is 0 Å². The van der Waals surface area contributed by atoms with Gasteiger partial charge in [0, 0.05) is 55.3 Å². The van der Waals surface area contributed by atoms with E-state index >= 15 is 0 Å². The number of amides is 1. The van der Waals surface area contributed by atoms with Crippen molar-refractivity contribution in [2.24, 2.45) is 13.0 Å². The molecule has 1 fully saturated rings. The van der Waals surface area contributed by atoms with Crippen molar-refractivity contribution in [2.75, 3.05) is 18.4 Å². The van der Waals surface area contributed by atoms with Crippen molar-refractivity contribution < 1.29 is 13.2 Å². The smallest absolute Gasteiger partial charge is 0.262 e. The summed E-state index contributed by atoms with van der Waals surface area (Å²) in [6.45, 7) is 4.19. The third-order valence-electron chi connectivity index (χ3n) is 6.08. The Kier molecular flexibility index (Phi) is 6.67. The number of nitrogens with zero attached hydrogens (tertiary/aromatic N) is 4. The average Bonchev–Trinajstić information content (AvgIpc) is 3.17. The molecule has 10 nitrogen and oxygen atoms in total. The third-order valence-corrected chi connectivity index (χ3v) is 7.85. The van der Waals surface area contributed by atoms with Crippen LogP contribution in [0.4, 0.5) is 5.69 Å². The Hall–Kier alpha value is -3.31. The van der Waals surface area contributed by atoms with Gasteiger partial charge in [0.05, 0.1) is 0 Å². The van der Waals surface area contributed by atoms with E-state index in [4.69, 9.17) is 0 Å². The van der Waals surface area contributed by atoms with E-state index in [-0.39, 0.29) is 35.5 Å². The van der Waals surface area contributed by atoms with Crippen LogP contribution < -0.4 is 10.9 Å². The van der Waals surface area contributed by atoms with Gasteiger partial charge in [-0.1, -0.05) is 19.1 Å². The summed E-state index contributed by atoms with van der Waals surface area (Å²) in [6, 6.07) is 8.60. The molecule has 0 saturated carbocycles. The number of carbonyl (C=O) groups excluding carboxylic acids is 1. The van der Waals surface area contributed by atoms with Crippen molar-refractivity contribution in [1.29, 1.82) is 0 Å². The molecule has 1 aromatic carbocycles. The predicted octanol–water partition coefficient (Wildman–Crippen LogP) is 2.08. The Morgan fingerprint density at radius 2 is 1.94 bits per heavy atom. The fraction of sp³-hybridized carbons (Fsp3) is 0.391. The van der Waals surface area contributed by atoms with Gasteiger partial charge in [-0.05, 0) is 38.3 Å². The molecule has 11 heteroatoms. The molecule has 180 valence electrons. The van der Waals surface area contributed by atoms with Crippen LogP contribution in [0.2, 0.25) is 0 Å². The number of rotatable bonds is 6. The molecular weight excluding hydrogens is 456 g/mol. The van der Waals surface area contributed by atoms with Gasteiger partial charge in [0.15, 0.2) is 5.03 Å². The zero-order valence-corrected chi connectivity index (χ0v) is 20.2. The van der Waals surface area contributed by atoms with Crippen LogP contribution in [0.5, 0.6) is 0 Å². The number of aryl methyl sites for hydroxylation is 3. The van der Waals surface area contributed by atoms with Crippen molar-refractivity contribution in [3.05, 3.63) is 58.4 Å². The van der Waals surface area contributed by atoms with Gasteiger partial charge in [-0.15, -0.1) is 0 Å². The van der Waals surface area contributed by atoms with Crippen LogP contribution in [-0.4, -0.2) is 51.2 Å². The molecule has 2 aromatic heterocycles. The summed E-state index contributed by atoms with van der Waals surface area (Å²) in [7, 11) is -1.93. The molecule has 0 bridgehead atoms. The summed E-state index contributed by atoms with van der Waals surface area (Å²) >= 11 is 0. The predicted molar refractivity (Wildman–Crippen MR) is 128 cm³/mol. The normalized spacial score (nSPS) is 15.4. The molecule has 0 aliphatic carbocycles. The molecule has 1 aliphatic heterocycles. The zero-order valence-electron chi connectivity index (χ0n) is 19.4. The second kappa shape index (κ2) is 9.51. The second-order valence-electron chi connectivity index (χ2n) is 8.42. The van der Waals surface area contributed by atoms with Gasteiger partial charge in [-0.3, -0.25) is 9.59 Å². The van der Waals surface area contributed by atoms with Crippen LogP contribution >= 0.6 is 0 Å². The molecule has 3 aromatic rings. The third kappa shape index (κ3) is 4.95. The first kappa shape index (κ1) is 23.8. The van der Waals surface area contributed by atoms with Crippen LogP contribution in [0.15, 0.2) is 46.3 Å². The number of hydrogen-bond acceptors (Lipinski definition) is 6. The van der Waals surface area contributed by atoms with E-state index in [1.165, 1.54) is 16.6 Å². The highest BCUT2D eigenvalue weighted by atomic mass is 32.2. The molecule has 1 saturated heterocycles. The Labute approximate surface area is 198 Å². The molecular formula is C23H28N6O4S. The van der Waals surface area contributed by atoms with Crippen LogP contribution in [0, 0.1) is 12.8 Å². The number of imidazole rings is 1. The van der Waals surface area contributed by atoms with E-state index in [0.717, 1.165) is 0 Å². The van der Waals surface area contributed by atoms with E-state index in [2.05, 4.69) is 20.3 Å². The Morgan fingerprint density at radius 3 is 2.59 bits per heavy atom. The second-order valence-corrected chi connectivity index (χ2v) is 10.3. The van der Waals surface area contributed by atoms with E-state index < -0.39 is 10.0 Å². The van der Waals surface area contributed by atoms with Gasteiger partial charge < -0.3 is 14.9 Å². The molecule has 3 heterocycles. The maximum Gasteiger partial charge on any atom is 0.262 e. The number of aromatic nitrogens is 4. The number of piperidine rings is 1. The largest absolute Gasteiger partial charge is 0.337 e. The van der Waals surface area contributed by atoms with Gasteiger partial charge in [-0.25, -0.2) is 18.4 Å². The lowest BCUT2D eigenvalue weighted by molar-refractivity contribution is -0.120. The summed E-state index contributed by atoms with van der Waals surface area (Å²) < 4.78 is 28.8. The number of sulfonamides is 1.